The van der Waals surface area contributed by atoms with Crippen molar-refractivity contribution in [2.45, 2.75) is 58.2 Å². The maximum atomic E-state index is 12.3. The standard InChI is InChI=1S/C18H27BrN2O2/c1-13(14-5-7-15(19)8-6-14)20-11-12-21(16-9-10-16)17(22)23-18(2,3)4/h5-8,13,16,20H,9-12H2,1-4H3. The van der Waals surface area contributed by atoms with Crippen LogP contribution in [0.5, 0.6) is 0 Å². The van der Waals surface area contributed by atoms with E-state index in [0.29, 0.717) is 12.6 Å². The number of benzene rings is 1. The molecular weight excluding hydrogens is 356 g/mol. The van der Waals surface area contributed by atoms with Crippen LogP contribution >= 0.6 is 15.9 Å². The number of carbonyl (C=O) groups excluding carboxylic acids is 1. The molecule has 5 heteroatoms. The molecule has 1 N–H and O–H groups in total. The molecule has 1 amide bonds. The maximum absolute atomic E-state index is 12.3. The number of hydrogen-bond acceptors (Lipinski definition) is 3. The van der Waals surface area contributed by atoms with E-state index in [-0.39, 0.29) is 12.1 Å². The molecule has 1 unspecified atom stereocenters. The molecule has 0 aromatic heterocycles. The number of carbonyl (C=O) groups is 1. The largest absolute Gasteiger partial charge is 0.444 e. The molecule has 23 heavy (non-hydrogen) atoms. The molecule has 0 heterocycles. The Morgan fingerprint density at radius 3 is 2.48 bits per heavy atom. The fraction of sp³-hybridized carbons (Fsp3) is 0.611. The van der Waals surface area contributed by atoms with Crippen molar-refractivity contribution in [3.63, 3.8) is 0 Å². The summed E-state index contributed by atoms with van der Waals surface area (Å²) in [6, 6.07) is 8.91. The Bertz CT molecular complexity index is 521. The summed E-state index contributed by atoms with van der Waals surface area (Å²) in [6.45, 7) is 9.29. The number of nitrogens with one attached hydrogen (secondary N) is 1. The summed E-state index contributed by atoms with van der Waals surface area (Å²) in [5.74, 6) is 0. The van der Waals surface area contributed by atoms with E-state index < -0.39 is 5.60 Å². The highest BCUT2D eigenvalue weighted by Gasteiger charge is 2.34. The Kier molecular flexibility index (Phi) is 6.09. The summed E-state index contributed by atoms with van der Waals surface area (Å²) in [6.07, 6.45) is 1.97. The number of amides is 1. The first kappa shape index (κ1) is 18.3. The van der Waals surface area contributed by atoms with Crippen LogP contribution in [0.4, 0.5) is 4.79 Å². The second-order valence-corrected chi connectivity index (χ2v) is 8.05. The van der Waals surface area contributed by atoms with Crippen molar-refractivity contribution in [3.05, 3.63) is 34.3 Å². The van der Waals surface area contributed by atoms with Gasteiger partial charge in [0.25, 0.3) is 0 Å². The zero-order chi connectivity index (χ0) is 17.0. The molecule has 1 fully saturated rings. The van der Waals surface area contributed by atoms with Gasteiger partial charge >= 0.3 is 6.09 Å². The number of halogens is 1. The van der Waals surface area contributed by atoms with E-state index in [4.69, 9.17) is 4.74 Å². The number of ether oxygens (including phenoxy) is 1. The van der Waals surface area contributed by atoms with Gasteiger partial charge in [0.15, 0.2) is 0 Å². The van der Waals surface area contributed by atoms with E-state index >= 15 is 0 Å². The third-order valence-electron chi connectivity index (χ3n) is 3.79. The first-order valence-corrected chi connectivity index (χ1v) is 9.04. The minimum absolute atomic E-state index is 0.196. The van der Waals surface area contributed by atoms with Gasteiger partial charge in [-0.3, -0.25) is 0 Å². The molecule has 0 saturated heterocycles. The Morgan fingerprint density at radius 1 is 1.35 bits per heavy atom. The molecule has 1 aromatic rings. The molecule has 0 aliphatic heterocycles. The molecule has 1 saturated carbocycles. The Balaban J connectivity index is 1.82. The topological polar surface area (TPSA) is 41.6 Å². The summed E-state index contributed by atoms with van der Waals surface area (Å²) < 4.78 is 6.59. The molecule has 1 aromatic carbocycles. The molecular formula is C18H27BrN2O2. The summed E-state index contributed by atoms with van der Waals surface area (Å²) in [5, 5.41) is 3.48. The Hall–Kier alpha value is -1.07. The molecule has 128 valence electrons. The predicted molar refractivity (Wildman–Crippen MR) is 96.5 cm³/mol. The van der Waals surface area contributed by atoms with Crippen molar-refractivity contribution in [2.24, 2.45) is 0 Å². The SMILES string of the molecule is CC(NCCN(C(=O)OC(C)(C)C)C1CC1)c1ccc(Br)cc1. The normalized spacial score (nSPS) is 16.0. The second-order valence-electron chi connectivity index (χ2n) is 7.13. The molecule has 0 bridgehead atoms. The van der Waals surface area contributed by atoms with Gasteiger partial charge in [-0.25, -0.2) is 4.79 Å². The van der Waals surface area contributed by atoms with Crippen molar-refractivity contribution < 1.29 is 9.53 Å². The van der Waals surface area contributed by atoms with Gasteiger partial charge in [0.1, 0.15) is 5.60 Å². The van der Waals surface area contributed by atoms with Crippen molar-refractivity contribution in [1.29, 1.82) is 0 Å². The molecule has 1 atom stereocenters. The van der Waals surface area contributed by atoms with E-state index in [1.807, 2.05) is 37.8 Å². The Labute approximate surface area is 147 Å². The molecule has 0 spiro atoms. The predicted octanol–water partition coefficient (Wildman–Crippen LogP) is 4.50. The lowest BCUT2D eigenvalue weighted by molar-refractivity contribution is 0.0235. The second kappa shape index (κ2) is 7.67. The van der Waals surface area contributed by atoms with Gasteiger partial charge in [-0.15, -0.1) is 0 Å². The highest BCUT2D eigenvalue weighted by atomic mass is 79.9. The molecule has 1 aliphatic carbocycles. The van der Waals surface area contributed by atoms with Crippen molar-refractivity contribution >= 4 is 22.0 Å². The van der Waals surface area contributed by atoms with E-state index in [2.05, 4.69) is 40.3 Å². The van der Waals surface area contributed by atoms with Gasteiger partial charge in [0.2, 0.25) is 0 Å². The van der Waals surface area contributed by atoms with E-state index in [1.165, 1.54) is 5.56 Å². The van der Waals surface area contributed by atoms with Crippen LogP contribution in [0.2, 0.25) is 0 Å². The van der Waals surface area contributed by atoms with Crippen molar-refractivity contribution in [3.8, 4) is 0 Å². The van der Waals surface area contributed by atoms with Crippen LogP contribution in [-0.4, -0.2) is 35.7 Å². The lowest BCUT2D eigenvalue weighted by atomic mass is 10.1. The maximum Gasteiger partial charge on any atom is 0.410 e. The van der Waals surface area contributed by atoms with E-state index in [1.54, 1.807) is 0 Å². The number of hydrogen-bond donors (Lipinski definition) is 1. The first-order valence-electron chi connectivity index (χ1n) is 8.25. The van der Waals surface area contributed by atoms with Crippen molar-refractivity contribution in [1.82, 2.24) is 10.2 Å². The monoisotopic (exact) mass is 382 g/mol. The van der Waals surface area contributed by atoms with Crippen LogP contribution in [0.25, 0.3) is 0 Å². The summed E-state index contributed by atoms with van der Waals surface area (Å²) in [7, 11) is 0. The summed E-state index contributed by atoms with van der Waals surface area (Å²) in [4.78, 5) is 14.2. The van der Waals surface area contributed by atoms with E-state index in [9.17, 15) is 4.79 Å². The molecule has 4 nitrogen and oxygen atoms in total. The summed E-state index contributed by atoms with van der Waals surface area (Å²) in [5.41, 5.74) is 0.797. The fourth-order valence-corrected chi connectivity index (χ4v) is 2.66. The first-order chi connectivity index (χ1) is 10.8. The minimum atomic E-state index is -0.442. The highest BCUT2D eigenvalue weighted by molar-refractivity contribution is 9.10. The average Bonchev–Trinajstić information content (AvgIpc) is 3.26. The molecule has 0 radical (unpaired) electrons. The third-order valence-corrected chi connectivity index (χ3v) is 4.32. The van der Waals surface area contributed by atoms with Crippen LogP contribution in [0.1, 0.15) is 52.1 Å². The van der Waals surface area contributed by atoms with Gasteiger partial charge in [-0.05, 0) is 58.2 Å². The number of nitrogens with zero attached hydrogens (tertiary/aromatic N) is 1. The van der Waals surface area contributed by atoms with Crippen LogP contribution < -0.4 is 5.32 Å². The van der Waals surface area contributed by atoms with Crippen molar-refractivity contribution in [2.75, 3.05) is 13.1 Å². The minimum Gasteiger partial charge on any atom is -0.444 e. The van der Waals surface area contributed by atoms with Crippen LogP contribution in [0.15, 0.2) is 28.7 Å². The van der Waals surface area contributed by atoms with E-state index in [0.717, 1.165) is 23.9 Å². The Morgan fingerprint density at radius 2 is 1.96 bits per heavy atom. The highest BCUT2D eigenvalue weighted by Crippen LogP contribution is 2.28. The zero-order valence-corrected chi connectivity index (χ0v) is 16.0. The smallest absolute Gasteiger partial charge is 0.410 e. The van der Waals surface area contributed by atoms with Gasteiger partial charge in [0.05, 0.1) is 0 Å². The molecule has 2 rings (SSSR count). The lowest BCUT2D eigenvalue weighted by Gasteiger charge is -2.28. The lowest BCUT2D eigenvalue weighted by Crippen LogP contribution is -2.42. The third kappa shape index (κ3) is 6.15. The van der Waals surface area contributed by atoms with Crippen LogP contribution in [0.3, 0.4) is 0 Å². The average molecular weight is 383 g/mol. The quantitative estimate of drug-likeness (QED) is 0.787. The molecule has 1 aliphatic rings. The van der Waals surface area contributed by atoms with Gasteiger partial charge in [-0.2, -0.15) is 0 Å². The van der Waals surface area contributed by atoms with Gasteiger partial charge < -0.3 is 15.0 Å². The summed E-state index contributed by atoms with van der Waals surface area (Å²) >= 11 is 3.45. The van der Waals surface area contributed by atoms with Crippen LogP contribution in [0, 0.1) is 0 Å². The van der Waals surface area contributed by atoms with Crippen LogP contribution in [-0.2, 0) is 4.74 Å². The zero-order valence-electron chi connectivity index (χ0n) is 14.4. The van der Waals surface area contributed by atoms with Gasteiger partial charge in [-0.1, -0.05) is 28.1 Å². The fourth-order valence-electron chi connectivity index (χ4n) is 2.40. The number of rotatable bonds is 6. The van der Waals surface area contributed by atoms with Gasteiger partial charge in [0, 0.05) is 29.6 Å².